The molecule has 0 fully saturated rings. The maximum atomic E-state index is 6.05. The second-order valence-electron chi connectivity index (χ2n) is 6.38. The summed E-state index contributed by atoms with van der Waals surface area (Å²) in [5.74, 6) is 2.68. The number of fused-ring (bicyclic) bond motifs is 1. The van der Waals surface area contributed by atoms with E-state index in [-0.39, 0.29) is 0 Å². The van der Waals surface area contributed by atoms with Crippen molar-refractivity contribution in [1.29, 1.82) is 0 Å². The molecule has 2 aromatic carbocycles. The van der Waals surface area contributed by atoms with Crippen molar-refractivity contribution in [2.24, 2.45) is 0 Å². The fraction of sp³-hybridized carbons (Fsp3) is 0.190. The van der Waals surface area contributed by atoms with E-state index < -0.39 is 0 Å². The molecular weight excluding hydrogens is 386 g/mol. The molecule has 0 atom stereocenters. The Hall–Kier alpha value is -4.01. The van der Waals surface area contributed by atoms with Gasteiger partial charge >= 0.3 is 0 Å². The lowest BCUT2D eigenvalue weighted by Crippen LogP contribution is -2.00. The molecule has 0 amide bonds. The predicted molar refractivity (Wildman–Crippen MR) is 112 cm³/mol. The minimum absolute atomic E-state index is 0.500. The predicted octanol–water partition coefficient (Wildman–Crippen LogP) is 3.07. The van der Waals surface area contributed by atoms with Crippen molar-refractivity contribution in [2.45, 2.75) is 0 Å². The summed E-state index contributed by atoms with van der Waals surface area (Å²) < 4.78 is 23.2. The average molecular weight is 407 g/mol. The molecule has 2 N–H and O–H groups in total. The zero-order chi connectivity index (χ0) is 21.3. The van der Waals surface area contributed by atoms with E-state index in [1.807, 2.05) is 30.3 Å². The highest BCUT2D eigenvalue weighted by Crippen LogP contribution is 2.40. The van der Waals surface area contributed by atoms with Gasteiger partial charge in [0.2, 0.25) is 5.75 Å². The molecule has 0 bridgehead atoms. The first-order chi connectivity index (χ1) is 14.6. The number of nitrogen functional groups attached to an aromatic ring is 1. The topological polar surface area (TPSA) is 106 Å². The molecule has 30 heavy (non-hydrogen) atoms. The molecule has 154 valence electrons. The van der Waals surface area contributed by atoms with Gasteiger partial charge in [-0.25, -0.2) is 0 Å². The van der Waals surface area contributed by atoms with Gasteiger partial charge in [-0.1, -0.05) is 0 Å². The number of rotatable bonds is 6. The summed E-state index contributed by atoms with van der Waals surface area (Å²) in [6, 6.07) is 12.8. The second kappa shape index (κ2) is 7.78. The van der Waals surface area contributed by atoms with Gasteiger partial charge < -0.3 is 24.7 Å². The van der Waals surface area contributed by atoms with Crippen molar-refractivity contribution in [3.63, 3.8) is 0 Å². The summed E-state index contributed by atoms with van der Waals surface area (Å²) in [5, 5.41) is 13.2. The van der Waals surface area contributed by atoms with Crippen LogP contribution in [0.3, 0.4) is 0 Å². The van der Waals surface area contributed by atoms with Gasteiger partial charge in [-0.15, -0.1) is 10.2 Å². The molecule has 0 aliphatic carbocycles. The van der Waals surface area contributed by atoms with Crippen LogP contribution in [0.25, 0.3) is 28.3 Å². The third kappa shape index (κ3) is 3.20. The molecule has 0 saturated heterocycles. The second-order valence-corrected chi connectivity index (χ2v) is 6.38. The normalized spacial score (nSPS) is 10.8. The van der Waals surface area contributed by atoms with Crippen molar-refractivity contribution in [3.8, 4) is 45.6 Å². The maximum absolute atomic E-state index is 6.05. The Bertz CT molecular complexity index is 1200. The largest absolute Gasteiger partial charge is 0.495 e. The Balaban J connectivity index is 1.86. The molecule has 2 aromatic heterocycles. The first-order valence-corrected chi connectivity index (χ1v) is 9.06. The number of aromatic nitrogens is 4. The smallest absolute Gasteiger partial charge is 0.203 e. The van der Waals surface area contributed by atoms with E-state index in [0.717, 1.165) is 11.1 Å². The number of benzene rings is 2. The lowest BCUT2D eigenvalue weighted by Gasteiger charge is -2.13. The summed E-state index contributed by atoms with van der Waals surface area (Å²) in [5.41, 5.74) is 9.46. The lowest BCUT2D eigenvalue weighted by atomic mass is 10.1. The number of nitrogens with zero attached hydrogens (tertiary/aromatic N) is 4. The molecule has 2 heterocycles. The highest BCUT2D eigenvalue weighted by atomic mass is 16.5. The van der Waals surface area contributed by atoms with E-state index in [1.165, 1.54) is 0 Å². The zero-order valence-electron chi connectivity index (χ0n) is 17.0. The molecule has 9 nitrogen and oxygen atoms in total. The summed E-state index contributed by atoms with van der Waals surface area (Å²) in [6.07, 6.45) is 0. The van der Waals surface area contributed by atoms with E-state index >= 15 is 0 Å². The molecule has 9 heteroatoms. The van der Waals surface area contributed by atoms with Crippen LogP contribution >= 0.6 is 0 Å². The SMILES string of the molecule is COc1ccc(-c2ccc3nnc(-c4cc(OC)c(OC)c(OC)c4)n3n2)cc1N. The van der Waals surface area contributed by atoms with E-state index in [0.29, 0.717) is 45.9 Å². The standard InChI is InChI=1S/C21H21N5O4/c1-27-16-7-5-12(9-14(16)22)15-6-8-19-23-24-21(26(19)25-15)13-10-17(28-2)20(30-4)18(11-13)29-3/h5-11H,22H2,1-4H3. The van der Waals surface area contributed by atoms with E-state index in [2.05, 4.69) is 10.2 Å². The number of ether oxygens (including phenoxy) is 4. The quantitative estimate of drug-likeness (QED) is 0.486. The number of hydrogen-bond acceptors (Lipinski definition) is 8. The van der Waals surface area contributed by atoms with Crippen LogP contribution in [-0.2, 0) is 0 Å². The third-order valence-electron chi connectivity index (χ3n) is 4.71. The van der Waals surface area contributed by atoms with Crippen LogP contribution in [0.1, 0.15) is 0 Å². The van der Waals surface area contributed by atoms with Gasteiger partial charge in [0, 0.05) is 11.1 Å². The number of methoxy groups -OCH3 is 4. The minimum Gasteiger partial charge on any atom is -0.495 e. The molecule has 0 unspecified atom stereocenters. The molecule has 0 radical (unpaired) electrons. The van der Waals surface area contributed by atoms with Crippen molar-refractivity contribution in [2.75, 3.05) is 34.2 Å². The highest BCUT2D eigenvalue weighted by molar-refractivity contribution is 5.71. The van der Waals surface area contributed by atoms with Crippen molar-refractivity contribution < 1.29 is 18.9 Å². The van der Waals surface area contributed by atoms with Gasteiger partial charge in [-0.05, 0) is 42.5 Å². The molecule has 4 aromatic rings. The van der Waals surface area contributed by atoms with E-state index in [9.17, 15) is 0 Å². The van der Waals surface area contributed by atoms with Crippen molar-refractivity contribution >= 4 is 11.3 Å². The minimum atomic E-state index is 0.500. The fourth-order valence-electron chi connectivity index (χ4n) is 3.23. The van der Waals surface area contributed by atoms with E-state index in [1.54, 1.807) is 45.1 Å². The average Bonchev–Trinajstić information content (AvgIpc) is 3.21. The van der Waals surface area contributed by atoms with Crippen LogP contribution in [0.5, 0.6) is 23.0 Å². The van der Waals surface area contributed by atoms with Gasteiger partial charge in [0.05, 0.1) is 39.8 Å². The maximum Gasteiger partial charge on any atom is 0.203 e. The first-order valence-electron chi connectivity index (χ1n) is 9.06. The van der Waals surface area contributed by atoms with Gasteiger partial charge in [0.15, 0.2) is 23.0 Å². The van der Waals surface area contributed by atoms with Crippen LogP contribution in [0, 0.1) is 0 Å². The summed E-state index contributed by atoms with van der Waals surface area (Å²) in [6.45, 7) is 0. The van der Waals surface area contributed by atoms with Crippen LogP contribution < -0.4 is 24.7 Å². The molecule has 0 aliphatic rings. The van der Waals surface area contributed by atoms with Crippen molar-refractivity contribution in [1.82, 2.24) is 19.8 Å². The van der Waals surface area contributed by atoms with Crippen LogP contribution in [-0.4, -0.2) is 48.3 Å². The Morgan fingerprint density at radius 1 is 0.733 bits per heavy atom. The fourth-order valence-corrected chi connectivity index (χ4v) is 3.23. The van der Waals surface area contributed by atoms with Gasteiger partial charge in [-0.3, -0.25) is 0 Å². The first kappa shape index (κ1) is 19.3. The summed E-state index contributed by atoms with van der Waals surface area (Å²) >= 11 is 0. The Labute approximate surface area is 173 Å². The highest BCUT2D eigenvalue weighted by Gasteiger charge is 2.18. The Morgan fingerprint density at radius 2 is 1.43 bits per heavy atom. The lowest BCUT2D eigenvalue weighted by molar-refractivity contribution is 0.324. The van der Waals surface area contributed by atoms with Gasteiger partial charge in [0.25, 0.3) is 0 Å². The number of anilines is 1. The van der Waals surface area contributed by atoms with Crippen LogP contribution in [0.2, 0.25) is 0 Å². The van der Waals surface area contributed by atoms with Gasteiger partial charge in [-0.2, -0.15) is 9.61 Å². The number of hydrogen-bond donors (Lipinski definition) is 1. The molecular formula is C21H21N5O4. The molecule has 0 saturated carbocycles. The Kier molecular flexibility index (Phi) is 5.01. The monoisotopic (exact) mass is 407 g/mol. The third-order valence-corrected chi connectivity index (χ3v) is 4.71. The van der Waals surface area contributed by atoms with Crippen LogP contribution in [0.15, 0.2) is 42.5 Å². The van der Waals surface area contributed by atoms with Crippen LogP contribution in [0.4, 0.5) is 5.69 Å². The summed E-state index contributed by atoms with van der Waals surface area (Å²) in [7, 11) is 6.26. The molecule has 4 rings (SSSR count). The van der Waals surface area contributed by atoms with Crippen molar-refractivity contribution in [3.05, 3.63) is 42.5 Å². The molecule has 0 aliphatic heterocycles. The summed E-state index contributed by atoms with van der Waals surface area (Å²) in [4.78, 5) is 0. The number of nitrogens with two attached hydrogens (primary N) is 1. The zero-order valence-corrected chi connectivity index (χ0v) is 17.0. The molecule has 0 spiro atoms. The van der Waals surface area contributed by atoms with E-state index in [4.69, 9.17) is 29.8 Å². The van der Waals surface area contributed by atoms with Gasteiger partial charge in [0.1, 0.15) is 5.75 Å². The Morgan fingerprint density at radius 3 is 2.03 bits per heavy atom.